The average Bonchev–Trinajstić information content (AvgIpc) is 3.08. The number of halogens is 1. The van der Waals surface area contributed by atoms with Crippen molar-refractivity contribution >= 4 is 41.7 Å². The van der Waals surface area contributed by atoms with Gasteiger partial charge in [0.25, 0.3) is 0 Å². The molecule has 7 heteroatoms. The van der Waals surface area contributed by atoms with E-state index < -0.39 is 0 Å². The largest absolute Gasteiger partial charge is 0.383 e. The van der Waals surface area contributed by atoms with Crippen molar-refractivity contribution in [3.05, 3.63) is 29.8 Å². The van der Waals surface area contributed by atoms with E-state index in [-0.39, 0.29) is 24.0 Å². The smallest absolute Gasteiger partial charge is 0.193 e. The second-order valence-electron chi connectivity index (χ2n) is 6.46. The van der Waals surface area contributed by atoms with E-state index in [2.05, 4.69) is 57.7 Å². The van der Waals surface area contributed by atoms with Gasteiger partial charge >= 0.3 is 0 Å². The van der Waals surface area contributed by atoms with Crippen LogP contribution in [0.25, 0.3) is 0 Å². The van der Waals surface area contributed by atoms with Crippen LogP contribution in [0.3, 0.4) is 0 Å². The summed E-state index contributed by atoms with van der Waals surface area (Å²) in [5.74, 6) is 0.951. The highest BCUT2D eigenvalue weighted by molar-refractivity contribution is 14.0. The van der Waals surface area contributed by atoms with Crippen molar-refractivity contribution in [3.8, 4) is 0 Å². The van der Waals surface area contributed by atoms with Crippen LogP contribution >= 0.6 is 35.7 Å². The molecule has 1 heterocycles. The third-order valence-corrected chi connectivity index (χ3v) is 5.47. The molecule has 0 aromatic heterocycles. The summed E-state index contributed by atoms with van der Waals surface area (Å²) in [4.78, 5) is 10.4. The summed E-state index contributed by atoms with van der Waals surface area (Å²) in [6, 6.07) is 9.31. The Labute approximate surface area is 180 Å². The zero-order valence-corrected chi connectivity index (χ0v) is 19.5. The molecule has 1 aromatic rings. The van der Waals surface area contributed by atoms with Crippen LogP contribution in [0.2, 0.25) is 0 Å². The molecule has 2 rings (SSSR count). The van der Waals surface area contributed by atoms with Crippen molar-refractivity contribution in [1.82, 2.24) is 15.1 Å². The predicted molar refractivity (Wildman–Crippen MR) is 123 cm³/mol. The molecule has 0 saturated carbocycles. The van der Waals surface area contributed by atoms with Crippen LogP contribution in [-0.4, -0.2) is 75.5 Å². The molecule has 1 N–H and O–H groups in total. The van der Waals surface area contributed by atoms with E-state index in [4.69, 9.17) is 4.74 Å². The number of hydrogen-bond acceptors (Lipinski definition) is 4. The van der Waals surface area contributed by atoms with Crippen molar-refractivity contribution in [2.24, 2.45) is 4.99 Å². The van der Waals surface area contributed by atoms with Gasteiger partial charge in [0.1, 0.15) is 0 Å². The van der Waals surface area contributed by atoms with Gasteiger partial charge < -0.3 is 15.0 Å². The summed E-state index contributed by atoms with van der Waals surface area (Å²) in [5, 5.41) is 3.55. The lowest BCUT2D eigenvalue weighted by atomic mass is 10.2. The normalized spacial score (nSPS) is 17.8. The van der Waals surface area contributed by atoms with Crippen LogP contribution in [0.1, 0.15) is 18.4 Å². The van der Waals surface area contributed by atoms with Gasteiger partial charge in [-0.3, -0.25) is 9.89 Å². The number of ether oxygens (including phenoxy) is 1. The molecule has 0 bridgehead atoms. The summed E-state index contributed by atoms with van der Waals surface area (Å²) in [6.07, 6.45) is 4.62. The summed E-state index contributed by atoms with van der Waals surface area (Å²) in [7, 11) is 5.72. The lowest BCUT2D eigenvalue weighted by Gasteiger charge is -2.27. The topological polar surface area (TPSA) is 40.1 Å². The lowest BCUT2D eigenvalue weighted by Crippen LogP contribution is -2.45. The quantitative estimate of drug-likeness (QED) is 0.261. The molecular formula is C19H33IN4OS. The molecule has 26 heavy (non-hydrogen) atoms. The molecule has 148 valence electrons. The minimum atomic E-state index is 0. The van der Waals surface area contributed by atoms with E-state index in [0.717, 1.165) is 32.2 Å². The molecule has 1 aromatic carbocycles. The van der Waals surface area contributed by atoms with Crippen LogP contribution in [-0.2, 0) is 11.3 Å². The van der Waals surface area contributed by atoms with Crippen molar-refractivity contribution in [2.45, 2.75) is 30.3 Å². The number of guanidine groups is 1. The Morgan fingerprint density at radius 2 is 2.12 bits per heavy atom. The molecule has 1 atom stereocenters. The molecular weight excluding hydrogens is 459 g/mol. The number of thioether (sulfide) groups is 1. The highest BCUT2D eigenvalue weighted by Crippen LogP contribution is 2.17. The zero-order chi connectivity index (χ0) is 18.1. The maximum absolute atomic E-state index is 5.22. The first-order chi connectivity index (χ1) is 12.2. The second kappa shape index (κ2) is 12.8. The number of nitrogens with one attached hydrogen (secondary N) is 1. The molecule has 0 aliphatic carbocycles. The first kappa shape index (κ1) is 23.5. The van der Waals surface area contributed by atoms with Gasteiger partial charge in [0.05, 0.1) is 6.61 Å². The monoisotopic (exact) mass is 492 g/mol. The fourth-order valence-electron chi connectivity index (χ4n) is 3.30. The summed E-state index contributed by atoms with van der Waals surface area (Å²) in [5.41, 5.74) is 1.30. The molecule has 0 radical (unpaired) electrons. The molecule has 1 saturated heterocycles. The summed E-state index contributed by atoms with van der Waals surface area (Å²) < 4.78 is 5.22. The van der Waals surface area contributed by atoms with E-state index >= 15 is 0 Å². The highest BCUT2D eigenvalue weighted by atomic mass is 127. The van der Waals surface area contributed by atoms with Crippen molar-refractivity contribution < 1.29 is 4.74 Å². The van der Waals surface area contributed by atoms with Crippen LogP contribution in [0.15, 0.2) is 34.2 Å². The standard InChI is InChI=1S/C19H32N4OS.HI/c1-20-19(21-14-17-6-5-11-23(17)12-13-24-3)22(2)15-16-7-9-18(25-4)10-8-16;/h7-10,17H,5-6,11-15H2,1-4H3,(H,20,21);1H. The van der Waals surface area contributed by atoms with Crippen LogP contribution in [0.4, 0.5) is 0 Å². The van der Waals surface area contributed by atoms with Crippen molar-refractivity contribution in [1.29, 1.82) is 0 Å². The number of benzene rings is 1. The molecule has 0 spiro atoms. The van der Waals surface area contributed by atoms with Crippen LogP contribution in [0, 0.1) is 0 Å². The predicted octanol–water partition coefficient (Wildman–Crippen LogP) is 3.14. The Kier molecular flexibility index (Phi) is 11.6. The Morgan fingerprint density at radius 1 is 1.38 bits per heavy atom. The number of aliphatic imine (C=N–C) groups is 1. The number of hydrogen-bond donors (Lipinski definition) is 1. The first-order valence-electron chi connectivity index (χ1n) is 8.95. The number of rotatable bonds is 8. The number of likely N-dealkylation sites (tertiary alicyclic amines) is 1. The second-order valence-corrected chi connectivity index (χ2v) is 7.34. The third kappa shape index (κ3) is 7.25. The van der Waals surface area contributed by atoms with E-state index in [1.165, 1.54) is 29.8 Å². The molecule has 1 unspecified atom stereocenters. The van der Waals surface area contributed by atoms with Gasteiger partial charge in [-0.1, -0.05) is 12.1 Å². The summed E-state index contributed by atoms with van der Waals surface area (Å²) in [6.45, 7) is 4.78. The van der Waals surface area contributed by atoms with Gasteiger partial charge in [0.15, 0.2) is 5.96 Å². The molecule has 1 fully saturated rings. The average molecular weight is 492 g/mol. The van der Waals surface area contributed by atoms with Gasteiger partial charge in [-0.25, -0.2) is 0 Å². The minimum Gasteiger partial charge on any atom is -0.383 e. The first-order valence-corrected chi connectivity index (χ1v) is 10.2. The lowest BCUT2D eigenvalue weighted by molar-refractivity contribution is 0.141. The van der Waals surface area contributed by atoms with E-state index in [9.17, 15) is 0 Å². The Balaban J connectivity index is 0.00000338. The van der Waals surface area contributed by atoms with Crippen LogP contribution < -0.4 is 5.32 Å². The van der Waals surface area contributed by atoms with Gasteiger partial charge in [-0.2, -0.15) is 0 Å². The van der Waals surface area contributed by atoms with E-state index in [1.54, 1.807) is 18.9 Å². The van der Waals surface area contributed by atoms with Crippen molar-refractivity contribution in [3.63, 3.8) is 0 Å². The Bertz CT molecular complexity index is 541. The van der Waals surface area contributed by atoms with Gasteiger partial charge in [0, 0.05) is 51.8 Å². The van der Waals surface area contributed by atoms with Gasteiger partial charge in [-0.05, 0) is 43.3 Å². The molecule has 1 aliphatic rings. The number of nitrogens with zero attached hydrogens (tertiary/aromatic N) is 3. The Hall–Kier alpha value is -0.510. The van der Waals surface area contributed by atoms with Crippen LogP contribution in [0.5, 0.6) is 0 Å². The fourth-order valence-corrected chi connectivity index (χ4v) is 3.71. The van der Waals surface area contributed by atoms with Crippen molar-refractivity contribution in [2.75, 3.05) is 53.7 Å². The fraction of sp³-hybridized carbons (Fsp3) is 0.632. The van der Waals surface area contributed by atoms with Gasteiger partial charge in [0.2, 0.25) is 0 Å². The summed E-state index contributed by atoms with van der Waals surface area (Å²) >= 11 is 1.77. The third-order valence-electron chi connectivity index (χ3n) is 4.73. The maximum atomic E-state index is 5.22. The highest BCUT2D eigenvalue weighted by Gasteiger charge is 2.24. The Morgan fingerprint density at radius 3 is 2.73 bits per heavy atom. The van der Waals surface area contributed by atoms with Gasteiger partial charge in [-0.15, -0.1) is 35.7 Å². The zero-order valence-electron chi connectivity index (χ0n) is 16.4. The maximum Gasteiger partial charge on any atom is 0.193 e. The molecule has 5 nitrogen and oxygen atoms in total. The minimum absolute atomic E-state index is 0. The van der Waals surface area contributed by atoms with E-state index in [0.29, 0.717) is 6.04 Å². The number of methoxy groups -OCH3 is 1. The molecule has 1 aliphatic heterocycles. The van der Waals surface area contributed by atoms with E-state index in [1.807, 2.05) is 7.05 Å². The molecule has 0 amide bonds. The SMILES string of the molecule is CN=C(NCC1CCCN1CCOC)N(C)Cc1ccc(SC)cc1.I.